The van der Waals surface area contributed by atoms with Crippen LogP contribution in [0.25, 0.3) is 22.0 Å². The summed E-state index contributed by atoms with van der Waals surface area (Å²) in [5, 5.41) is 30.6. The van der Waals surface area contributed by atoms with Gasteiger partial charge in [-0.25, -0.2) is 0 Å². The number of likely N-dealkylation sites (tertiary alicyclic amines) is 1. The van der Waals surface area contributed by atoms with Gasteiger partial charge in [0.25, 0.3) is 6.47 Å². The molecule has 0 saturated carbocycles. The second kappa shape index (κ2) is 9.76. The van der Waals surface area contributed by atoms with Gasteiger partial charge in [0.15, 0.2) is 5.82 Å². The van der Waals surface area contributed by atoms with Gasteiger partial charge < -0.3 is 15.3 Å². The van der Waals surface area contributed by atoms with Crippen molar-refractivity contribution >= 4 is 23.1 Å². The van der Waals surface area contributed by atoms with E-state index in [1.54, 1.807) is 6.20 Å². The molecule has 0 bridgehead atoms. The Bertz CT molecular complexity index is 1080. The first kappa shape index (κ1) is 21.1. The Morgan fingerprint density at radius 2 is 2.10 bits per heavy atom. The van der Waals surface area contributed by atoms with Crippen molar-refractivity contribution in [3.63, 3.8) is 0 Å². The molecule has 1 atom stereocenters. The number of hydrogen-bond acceptors (Lipinski definition) is 7. The molecule has 2 aromatic heterocycles. The monoisotopic (exact) mass is 404 g/mol. The van der Waals surface area contributed by atoms with Crippen LogP contribution in [-0.4, -0.2) is 57.8 Å². The average Bonchev–Trinajstić information content (AvgIpc) is 2.75. The predicted molar refractivity (Wildman–Crippen MR) is 115 cm³/mol. The van der Waals surface area contributed by atoms with Crippen molar-refractivity contribution in [1.82, 2.24) is 20.1 Å². The van der Waals surface area contributed by atoms with Crippen LogP contribution in [0.1, 0.15) is 24.0 Å². The van der Waals surface area contributed by atoms with Crippen molar-refractivity contribution in [3.05, 3.63) is 47.8 Å². The number of carbonyl (C=O) groups is 1. The number of aryl methyl sites for hydroxylation is 1. The third kappa shape index (κ3) is 4.70. The third-order valence-corrected chi connectivity index (χ3v) is 5.16. The number of benzene rings is 1. The Labute approximate surface area is 175 Å². The lowest BCUT2D eigenvalue weighted by Crippen LogP contribution is -2.40. The number of aromatic nitrogens is 3. The summed E-state index contributed by atoms with van der Waals surface area (Å²) in [6.45, 7) is 3.89. The molecule has 0 aliphatic carbocycles. The van der Waals surface area contributed by atoms with E-state index in [9.17, 15) is 0 Å². The van der Waals surface area contributed by atoms with E-state index in [-0.39, 0.29) is 6.47 Å². The van der Waals surface area contributed by atoms with Crippen LogP contribution in [-0.2, 0) is 4.79 Å². The van der Waals surface area contributed by atoms with Crippen molar-refractivity contribution in [2.75, 3.05) is 25.5 Å². The first-order valence-corrected chi connectivity index (χ1v) is 9.71. The van der Waals surface area contributed by atoms with Crippen molar-refractivity contribution in [1.29, 1.82) is 5.26 Å². The largest absolute Gasteiger partial charge is 0.483 e. The molecule has 3 aromatic rings. The molecule has 0 radical (unpaired) electrons. The van der Waals surface area contributed by atoms with E-state index in [0.717, 1.165) is 52.9 Å². The topological polar surface area (TPSA) is 115 Å². The molecule has 4 rings (SSSR count). The zero-order chi connectivity index (χ0) is 21.5. The number of nitriles is 1. The Morgan fingerprint density at radius 3 is 2.80 bits per heavy atom. The van der Waals surface area contributed by atoms with Gasteiger partial charge in [0.2, 0.25) is 0 Å². The molecule has 30 heavy (non-hydrogen) atoms. The Hall–Kier alpha value is -3.57. The van der Waals surface area contributed by atoms with Gasteiger partial charge in [0.05, 0.1) is 11.6 Å². The molecule has 8 heteroatoms. The van der Waals surface area contributed by atoms with Gasteiger partial charge in [0, 0.05) is 41.3 Å². The number of nitrogens with one attached hydrogen (secondary N) is 1. The van der Waals surface area contributed by atoms with Crippen LogP contribution in [0.2, 0.25) is 0 Å². The van der Waals surface area contributed by atoms with E-state index in [1.165, 1.54) is 6.42 Å². The standard InChI is InChI=1S/C21H22N6.CH2O2/c1-14-10-15(11-22)5-6-17(14)20-18-7-8-23-12-19(18)21(26-25-20)24-16-4-3-9-27(2)13-16;2-1-3/h5-8,10,12,16H,3-4,9,13H2,1-2H3,(H,24,26);1H,(H,2,3)/t16-;/m1./s1. The van der Waals surface area contributed by atoms with Gasteiger partial charge in [-0.2, -0.15) is 5.26 Å². The molecule has 0 spiro atoms. The summed E-state index contributed by atoms with van der Waals surface area (Å²) in [6.07, 6.45) is 5.94. The van der Waals surface area contributed by atoms with Crippen molar-refractivity contribution in [3.8, 4) is 17.3 Å². The Kier molecular flexibility index (Phi) is 6.88. The number of hydrogen-bond donors (Lipinski definition) is 2. The van der Waals surface area contributed by atoms with Crippen LogP contribution < -0.4 is 5.32 Å². The quantitative estimate of drug-likeness (QED) is 0.640. The molecule has 1 aliphatic rings. The van der Waals surface area contributed by atoms with E-state index in [1.807, 2.05) is 37.4 Å². The number of carboxylic acid groups (broad SMARTS) is 1. The lowest BCUT2D eigenvalue weighted by atomic mass is 9.99. The molecule has 0 unspecified atom stereocenters. The third-order valence-electron chi connectivity index (χ3n) is 5.16. The Balaban J connectivity index is 0.000000806. The Morgan fingerprint density at radius 1 is 1.30 bits per heavy atom. The van der Waals surface area contributed by atoms with Gasteiger partial charge in [0.1, 0.15) is 5.69 Å². The number of piperidine rings is 1. The molecule has 1 fully saturated rings. The normalized spacial score (nSPS) is 16.2. The zero-order valence-corrected chi connectivity index (χ0v) is 17.0. The first-order valence-electron chi connectivity index (χ1n) is 9.71. The summed E-state index contributed by atoms with van der Waals surface area (Å²) in [6, 6.07) is 10.2. The summed E-state index contributed by atoms with van der Waals surface area (Å²) >= 11 is 0. The number of fused-ring (bicyclic) bond motifs is 1. The maximum absolute atomic E-state index is 9.11. The molecule has 2 N–H and O–H groups in total. The number of nitrogens with zero attached hydrogens (tertiary/aromatic N) is 5. The number of pyridine rings is 1. The fourth-order valence-electron chi connectivity index (χ4n) is 3.78. The summed E-state index contributed by atoms with van der Waals surface area (Å²) in [7, 11) is 2.15. The fourth-order valence-corrected chi connectivity index (χ4v) is 3.78. The number of rotatable bonds is 3. The maximum atomic E-state index is 9.11. The van der Waals surface area contributed by atoms with Crippen LogP contribution in [0.15, 0.2) is 36.7 Å². The number of likely N-dealkylation sites (N-methyl/N-ethyl adjacent to an activating group) is 1. The van der Waals surface area contributed by atoms with Gasteiger partial charge >= 0.3 is 0 Å². The second-order valence-corrected chi connectivity index (χ2v) is 7.31. The molecule has 1 aliphatic heterocycles. The zero-order valence-electron chi connectivity index (χ0n) is 17.0. The lowest BCUT2D eigenvalue weighted by Gasteiger charge is -2.30. The fraction of sp³-hybridized carbons (Fsp3) is 0.318. The summed E-state index contributed by atoms with van der Waals surface area (Å²) in [5.41, 5.74) is 3.47. The van der Waals surface area contributed by atoms with Crippen molar-refractivity contribution in [2.24, 2.45) is 0 Å². The van der Waals surface area contributed by atoms with E-state index in [2.05, 4.69) is 38.5 Å². The van der Waals surface area contributed by atoms with Crippen LogP contribution in [0, 0.1) is 18.3 Å². The number of anilines is 1. The summed E-state index contributed by atoms with van der Waals surface area (Å²) in [5.74, 6) is 0.786. The lowest BCUT2D eigenvalue weighted by molar-refractivity contribution is -0.122. The highest BCUT2D eigenvalue weighted by atomic mass is 16.3. The van der Waals surface area contributed by atoms with Crippen LogP contribution in [0.4, 0.5) is 5.82 Å². The van der Waals surface area contributed by atoms with Crippen LogP contribution >= 0.6 is 0 Å². The molecule has 1 saturated heterocycles. The molecule has 0 amide bonds. The highest BCUT2D eigenvalue weighted by Gasteiger charge is 2.20. The minimum Gasteiger partial charge on any atom is -0.483 e. The van der Waals surface area contributed by atoms with E-state index < -0.39 is 0 Å². The van der Waals surface area contributed by atoms with E-state index >= 15 is 0 Å². The van der Waals surface area contributed by atoms with Gasteiger partial charge in [-0.1, -0.05) is 6.07 Å². The minimum absolute atomic E-state index is 0.250. The SMILES string of the molecule is Cc1cc(C#N)ccc1-c1nnc(N[C@@H]2CCCN(C)C2)c2cnccc12.O=CO. The summed E-state index contributed by atoms with van der Waals surface area (Å²) in [4.78, 5) is 15.0. The van der Waals surface area contributed by atoms with Crippen LogP contribution in [0.5, 0.6) is 0 Å². The maximum Gasteiger partial charge on any atom is 0.290 e. The minimum atomic E-state index is -0.250. The smallest absolute Gasteiger partial charge is 0.290 e. The predicted octanol–water partition coefficient (Wildman–Crippen LogP) is 3.08. The van der Waals surface area contributed by atoms with E-state index in [4.69, 9.17) is 15.2 Å². The molecule has 8 nitrogen and oxygen atoms in total. The highest BCUT2D eigenvalue weighted by Crippen LogP contribution is 2.31. The van der Waals surface area contributed by atoms with E-state index in [0.29, 0.717) is 11.6 Å². The van der Waals surface area contributed by atoms with Crippen molar-refractivity contribution in [2.45, 2.75) is 25.8 Å². The van der Waals surface area contributed by atoms with Gasteiger partial charge in [-0.15, -0.1) is 10.2 Å². The molecule has 154 valence electrons. The van der Waals surface area contributed by atoms with Crippen molar-refractivity contribution < 1.29 is 9.90 Å². The highest BCUT2D eigenvalue weighted by molar-refractivity contribution is 6.00. The van der Waals surface area contributed by atoms with Gasteiger partial charge in [-0.05, 0) is 57.1 Å². The van der Waals surface area contributed by atoms with Gasteiger partial charge in [-0.3, -0.25) is 9.78 Å². The summed E-state index contributed by atoms with van der Waals surface area (Å²) < 4.78 is 0. The average molecular weight is 404 g/mol. The first-order chi connectivity index (χ1) is 14.6. The molecule has 3 heterocycles. The molecular formula is C22H24N6O2. The molecule has 1 aromatic carbocycles. The van der Waals surface area contributed by atoms with Crippen LogP contribution in [0.3, 0.4) is 0 Å². The molecular weight excluding hydrogens is 380 g/mol. The second-order valence-electron chi connectivity index (χ2n) is 7.31.